The largest absolute Gasteiger partial charge is 0.443 e. The van der Waals surface area contributed by atoms with Crippen molar-refractivity contribution in [2.45, 2.75) is 18.2 Å². The van der Waals surface area contributed by atoms with Crippen LogP contribution in [-0.4, -0.2) is 26.4 Å². The van der Waals surface area contributed by atoms with Gasteiger partial charge in [-0.2, -0.15) is 5.26 Å². The van der Waals surface area contributed by atoms with E-state index in [1.165, 1.54) is 11.3 Å². The Morgan fingerprint density at radius 3 is 2.88 bits per heavy atom. The Balaban J connectivity index is 1.91. The molecule has 0 fully saturated rings. The highest BCUT2D eigenvalue weighted by atomic mass is 32.2. The average Bonchev–Trinajstić information content (AvgIpc) is 3.27. The number of thioether (sulfide) groups is 1. The predicted molar refractivity (Wildman–Crippen MR) is 91.7 cm³/mol. The molecule has 0 atom stereocenters. The van der Waals surface area contributed by atoms with Gasteiger partial charge in [-0.25, -0.2) is 0 Å². The molecule has 7 nitrogen and oxygen atoms in total. The number of nitrogens with one attached hydrogen (secondary N) is 1. The number of nitriles is 1. The highest BCUT2D eigenvalue weighted by Crippen LogP contribution is 2.28. The molecule has 0 bridgehead atoms. The highest BCUT2D eigenvalue weighted by molar-refractivity contribution is 8.01. The molecular weight excluding hydrogens is 346 g/mol. The van der Waals surface area contributed by atoms with Crippen LogP contribution in [0.25, 0.3) is 5.88 Å². The zero-order chi connectivity index (χ0) is 17.1. The molecule has 1 N–H and O–H groups in total. The van der Waals surface area contributed by atoms with Gasteiger partial charge in [-0.05, 0) is 24.8 Å². The van der Waals surface area contributed by atoms with E-state index >= 15 is 0 Å². The molecule has 122 valence electrons. The molecular formula is C15H13N5O2S2. The zero-order valence-electron chi connectivity index (χ0n) is 12.9. The summed E-state index contributed by atoms with van der Waals surface area (Å²) in [5.74, 6) is 1.14. The molecule has 0 radical (unpaired) electrons. The number of amides is 1. The van der Waals surface area contributed by atoms with E-state index in [4.69, 9.17) is 4.42 Å². The van der Waals surface area contributed by atoms with Crippen molar-refractivity contribution in [1.82, 2.24) is 14.8 Å². The second-order valence-corrected chi connectivity index (χ2v) is 7.16. The minimum Gasteiger partial charge on any atom is -0.443 e. The number of hydrogen-bond acceptors (Lipinski definition) is 7. The molecule has 3 heterocycles. The summed E-state index contributed by atoms with van der Waals surface area (Å²) >= 11 is 2.85. The Labute approximate surface area is 146 Å². The van der Waals surface area contributed by atoms with Crippen molar-refractivity contribution in [2.24, 2.45) is 0 Å². The normalized spacial score (nSPS) is 10.5. The lowest BCUT2D eigenvalue weighted by molar-refractivity contribution is 0.102. The van der Waals surface area contributed by atoms with Gasteiger partial charge >= 0.3 is 0 Å². The molecule has 0 aromatic carbocycles. The van der Waals surface area contributed by atoms with E-state index < -0.39 is 5.91 Å². The summed E-state index contributed by atoms with van der Waals surface area (Å²) in [4.78, 5) is 12.6. The fourth-order valence-corrected chi connectivity index (χ4v) is 3.80. The van der Waals surface area contributed by atoms with Gasteiger partial charge in [0.2, 0.25) is 11.0 Å². The molecule has 1 amide bonds. The van der Waals surface area contributed by atoms with Crippen molar-refractivity contribution < 1.29 is 9.21 Å². The molecule has 3 rings (SSSR count). The predicted octanol–water partition coefficient (Wildman–Crippen LogP) is 3.47. The highest BCUT2D eigenvalue weighted by Gasteiger charge is 2.25. The second-order valence-electron chi connectivity index (χ2n) is 4.68. The second kappa shape index (κ2) is 6.90. The number of rotatable bonds is 5. The Morgan fingerprint density at radius 2 is 2.21 bits per heavy atom. The first-order valence-electron chi connectivity index (χ1n) is 7.08. The maximum absolute atomic E-state index is 12.6. The number of hydrogen-bond donors (Lipinski definition) is 1. The first-order valence-corrected chi connectivity index (χ1v) is 8.88. The topological polar surface area (TPSA) is 96.7 Å². The fourth-order valence-electron chi connectivity index (χ4n) is 2.16. The number of carbonyl (C=O) groups is 1. The molecule has 0 saturated carbocycles. The minimum atomic E-state index is -0.435. The lowest BCUT2D eigenvalue weighted by atomic mass is 10.1. The van der Waals surface area contributed by atoms with Crippen molar-refractivity contribution in [2.75, 3.05) is 11.1 Å². The van der Waals surface area contributed by atoms with Crippen molar-refractivity contribution in [3.8, 4) is 12.0 Å². The van der Waals surface area contributed by atoms with E-state index in [-0.39, 0.29) is 11.1 Å². The van der Waals surface area contributed by atoms with Gasteiger partial charge in [0.15, 0.2) is 4.34 Å². The van der Waals surface area contributed by atoms with E-state index in [1.54, 1.807) is 35.6 Å². The van der Waals surface area contributed by atoms with Crippen molar-refractivity contribution >= 4 is 34.1 Å². The first kappa shape index (κ1) is 16.3. The van der Waals surface area contributed by atoms with Gasteiger partial charge < -0.3 is 4.42 Å². The Morgan fingerprint density at radius 1 is 1.46 bits per heavy atom. The van der Waals surface area contributed by atoms with Gasteiger partial charge in [0.25, 0.3) is 5.91 Å². The van der Waals surface area contributed by atoms with Crippen LogP contribution in [0.1, 0.15) is 28.6 Å². The fraction of sp³-hybridized carbons (Fsp3) is 0.200. The van der Waals surface area contributed by atoms with Crippen LogP contribution in [-0.2, 0) is 0 Å². The monoisotopic (exact) mass is 359 g/mol. The molecule has 3 aromatic heterocycles. The lowest BCUT2D eigenvalue weighted by Gasteiger charge is -2.00. The van der Waals surface area contributed by atoms with Gasteiger partial charge in [0.05, 0.1) is 0 Å². The number of carbonyl (C=O) groups excluding carboxylic acids is 1. The van der Waals surface area contributed by atoms with Gasteiger partial charge in [-0.15, -0.1) is 10.2 Å². The molecule has 24 heavy (non-hydrogen) atoms. The number of aryl methyl sites for hydroxylation is 1. The van der Waals surface area contributed by atoms with Crippen LogP contribution >= 0.6 is 23.1 Å². The zero-order valence-corrected chi connectivity index (χ0v) is 14.6. The van der Waals surface area contributed by atoms with Gasteiger partial charge in [0, 0.05) is 12.4 Å². The van der Waals surface area contributed by atoms with Crippen molar-refractivity contribution in [3.63, 3.8) is 0 Å². The van der Waals surface area contributed by atoms with E-state index in [0.717, 1.165) is 10.1 Å². The van der Waals surface area contributed by atoms with Gasteiger partial charge in [-0.1, -0.05) is 30.0 Å². The van der Waals surface area contributed by atoms with Crippen LogP contribution in [0.4, 0.5) is 5.13 Å². The van der Waals surface area contributed by atoms with Crippen LogP contribution in [0, 0.1) is 18.3 Å². The first-order chi connectivity index (χ1) is 11.6. The maximum Gasteiger partial charge on any atom is 0.262 e. The number of anilines is 1. The standard InChI is InChI=1S/C15H13N5O2S2/c1-3-23-15-19-18-14(24-15)17-12(21)11-9(2)22-13(10(11)8-16)20-6-4-5-7-20/h4-7H,3H2,1-2H3,(H,17,18,21). The van der Waals surface area contributed by atoms with Crippen molar-refractivity contribution in [3.05, 3.63) is 41.4 Å². The molecule has 0 aliphatic carbocycles. The number of aromatic nitrogens is 3. The molecule has 9 heteroatoms. The van der Waals surface area contributed by atoms with Gasteiger partial charge in [0.1, 0.15) is 23.0 Å². The maximum atomic E-state index is 12.6. The molecule has 3 aromatic rings. The summed E-state index contributed by atoms with van der Waals surface area (Å²) in [5, 5.41) is 20.5. The molecule has 0 spiro atoms. The summed E-state index contributed by atoms with van der Waals surface area (Å²) in [6.07, 6.45) is 3.50. The quantitative estimate of drug-likeness (QED) is 0.553. The van der Waals surface area contributed by atoms with Gasteiger partial charge in [-0.3, -0.25) is 14.7 Å². The lowest BCUT2D eigenvalue weighted by Crippen LogP contribution is -2.13. The minimum absolute atomic E-state index is 0.189. The van der Waals surface area contributed by atoms with E-state index in [0.29, 0.717) is 16.8 Å². The molecule has 0 unspecified atom stereocenters. The van der Waals surface area contributed by atoms with Crippen LogP contribution in [0.3, 0.4) is 0 Å². The Bertz CT molecular complexity index is 905. The summed E-state index contributed by atoms with van der Waals surface area (Å²) in [6.45, 7) is 3.67. The summed E-state index contributed by atoms with van der Waals surface area (Å²) in [7, 11) is 0. The third-order valence-electron chi connectivity index (χ3n) is 3.14. The van der Waals surface area contributed by atoms with E-state index in [1.807, 2.05) is 19.1 Å². The Hall–Kier alpha value is -2.57. The number of furan rings is 1. The SMILES string of the molecule is CCSc1nnc(NC(=O)c2c(C)oc(-n3cccc3)c2C#N)s1. The smallest absolute Gasteiger partial charge is 0.262 e. The molecule has 0 saturated heterocycles. The third-order valence-corrected chi connectivity index (χ3v) is 4.99. The third kappa shape index (κ3) is 3.06. The van der Waals surface area contributed by atoms with E-state index in [2.05, 4.69) is 21.6 Å². The summed E-state index contributed by atoms with van der Waals surface area (Å²) in [5.41, 5.74) is 0.398. The van der Waals surface area contributed by atoms with Crippen LogP contribution in [0.5, 0.6) is 0 Å². The van der Waals surface area contributed by atoms with E-state index in [9.17, 15) is 10.1 Å². The number of nitrogens with zero attached hydrogens (tertiary/aromatic N) is 4. The average molecular weight is 359 g/mol. The van der Waals surface area contributed by atoms with Crippen LogP contribution < -0.4 is 5.32 Å². The van der Waals surface area contributed by atoms with Crippen LogP contribution in [0.2, 0.25) is 0 Å². The molecule has 0 aliphatic heterocycles. The van der Waals surface area contributed by atoms with Crippen molar-refractivity contribution in [1.29, 1.82) is 5.26 Å². The summed E-state index contributed by atoms with van der Waals surface area (Å²) < 4.78 is 8.07. The molecule has 0 aliphatic rings. The van der Waals surface area contributed by atoms with Crippen LogP contribution in [0.15, 0.2) is 33.3 Å². The Kier molecular flexibility index (Phi) is 4.69. The summed E-state index contributed by atoms with van der Waals surface area (Å²) in [6, 6.07) is 5.68.